The molecule has 20 heavy (non-hydrogen) atoms. The van der Waals surface area contributed by atoms with Gasteiger partial charge in [-0.25, -0.2) is 9.97 Å². The van der Waals surface area contributed by atoms with Gasteiger partial charge in [-0.3, -0.25) is 0 Å². The molecule has 2 aliphatic rings. The second-order valence-electron chi connectivity index (χ2n) is 7.05. The Bertz CT molecular complexity index is 479. The average Bonchev–Trinajstić information content (AvgIpc) is 3.16. The Labute approximate surface area is 121 Å². The highest BCUT2D eigenvalue weighted by Crippen LogP contribution is 2.40. The lowest BCUT2D eigenvalue weighted by Crippen LogP contribution is -2.19. The number of aromatic nitrogens is 2. The minimum atomic E-state index is 0.467. The van der Waals surface area contributed by atoms with E-state index in [1.54, 1.807) is 0 Å². The van der Waals surface area contributed by atoms with E-state index in [0.717, 1.165) is 24.0 Å². The summed E-state index contributed by atoms with van der Waals surface area (Å²) in [5.74, 6) is 3.57. The maximum Gasteiger partial charge on any atom is 0.136 e. The monoisotopic (exact) mass is 274 g/mol. The van der Waals surface area contributed by atoms with Crippen molar-refractivity contribution >= 4 is 11.6 Å². The minimum absolute atomic E-state index is 0.467. The van der Waals surface area contributed by atoms with Crippen LogP contribution in [0.4, 0.5) is 11.6 Å². The summed E-state index contributed by atoms with van der Waals surface area (Å²) in [5, 5.41) is 6.95. The third kappa shape index (κ3) is 3.22. The van der Waals surface area contributed by atoms with Gasteiger partial charge in [-0.15, -0.1) is 0 Å². The molecule has 2 aliphatic carbocycles. The Kier molecular flexibility index (Phi) is 3.57. The van der Waals surface area contributed by atoms with E-state index in [-0.39, 0.29) is 0 Å². The molecule has 0 aliphatic heterocycles. The molecule has 1 atom stereocenters. The lowest BCUT2D eigenvalue weighted by Gasteiger charge is -2.19. The number of nitrogens with zero attached hydrogens (tertiary/aromatic N) is 2. The van der Waals surface area contributed by atoms with Crippen molar-refractivity contribution in [3.8, 4) is 0 Å². The Morgan fingerprint density at radius 1 is 1.20 bits per heavy atom. The Morgan fingerprint density at radius 2 is 1.95 bits per heavy atom. The van der Waals surface area contributed by atoms with Crippen LogP contribution in [0.1, 0.15) is 64.6 Å². The van der Waals surface area contributed by atoms with Gasteiger partial charge in [0.2, 0.25) is 0 Å². The standard InChI is InChI=1S/C16H26N4/c1-4-17-13-9-14(20-15(19-13)11-5-6-11)18-12-7-8-16(2,3)10-12/h9,11-12H,4-8,10H2,1-3H3,(H2,17,18,19,20). The Hall–Kier alpha value is -1.32. The summed E-state index contributed by atoms with van der Waals surface area (Å²) in [7, 11) is 0. The van der Waals surface area contributed by atoms with Crippen LogP contribution >= 0.6 is 0 Å². The molecule has 0 bridgehead atoms. The molecule has 1 unspecified atom stereocenters. The highest BCUT2D eigenvalue weighted by atomic mass is 15.1. The summed E-state index contributed by atoms with van der Waals surface area (Å²) in [6, 6.07) is 2.61. The van der Waals surface area contributed by atoms with Crippen LogP contribution in [0.25, 0.3) is 0 Å². The minimum Gasteiger partial charge on any atom is -0.370 e. The van der Waals surface area contributed by atoms with E-state index < -0.39 is 0 Å². The molecule has 3 rings (SSSR count). The third-order valence-corrected chi connectivity index (χ3v) is 4.36. The largest absolute Gasteiger partial charge is 0.370 e. The first-order valence-corrected chi connectivity index (χ1v) is 7.95. The molecule has 2 N–H and O–H groups in total. The van der Waals surface area contributed by atoms with E-state index in [1.807, 2.05) is 0 Å². The maximum absolute atomic E-state index is 4.73. The zero-order chi connectivity index (χ0) is 14.2. The summed E-state index contributed by atoms with van der Waals surface area (Å²) in [5.41, 5.74) is 0.467. The summed E-state index contributed by atoms with van der Waals surface area (Å²) < 4.78 is 0. The fourth-order valence-electron chi connectivity index (χ4n) is 3.10. The van der Waals surface area contributed by atoms with Crippen LogP contribution in [0.5, 0.6) is 0 Å². The van der Waals surface area contributed by atoms with Crippen molar-refractivity contribution in [1.82, 2.24) is 9.97 Å². The lowest BCUT2D eigenvalue weighted by atomic mass is 9.92. The highest BCUT2D eigenvalue weighted by molar-refractivity contribution is 5.48. The van der Waals surface area contributed by atoms with Crippen LogP contribution in [0.15, 0.2) is 6.07 Å². The number of rotatable bonds is 5. The van der Waals surface area contributed by atoms with E-state index >= 15 is 0 Å². The zero-order valence-corrected chi connectivity index (χ0v) is 12.9. The fourth-order valence-corrected chi connectivity index (χ4v) is 3.10. The predicted molar refractivity (Wildman–Crippen MR) is 83.2 cm³/mol. The predicted octanol–water partition coefficient (Wildman–Crippen LogP) is 3.78. The van der Waals surface area contributed by atoms with Gasteiger partial charge in [-0.2, -0.15) is 0 Å². The normalized spacial score (nSPS) is 24.6. The second kappa shape index (κ2) is 5.23. The van der Waals surface area contributed by atoms with Crippen LogP contribution in [0.2, 0.25) is 0 Å². The van der Waals surface area contributed by atoms with Crippen molar-refractivity contribution in [2.45, 2.75) is 64.8 Å². The smallest absolute Gasteiger partial charge is 0.136 e. The molecule has 0 spiro atoms. The molecular formula is C16H26N4. The van der Waals surface area contributed by atoms with Gasteiger partial charge in [0, 0.05) is 24.6 Å². The van der Waals surface area contributed by atoms with E-state index in [9.17, 15) is 0 Å². The average molecular weight is 274 g/mol. The number of hydrogen-bond donors (Lipinski definition) is 2. The molecule has 1 aromatic rings. The van der Waals surface area contributed by atoms with Crippen molar-refractivity contribution in [3.05, 3.63) is 11.9 Å². The molecular weight excluding hydrogens is 248 g/mol. The van der Waals surface area contributed by atoms with E-state index in [0.29, 0.717) is 17.4 Å². The Balaban J connectivity index is 1.74. The fraction of sp³-hybridized carbons (Fsp3) is 0.750. The summed E-state index contributed by atoms with van der Waals surface area (Å²) in [4.78, 5) is 9.35. The first kappa shape index (κ1) is 13.7. The van der Waals surface area contributed by atoms with Crippen LogP contribution in [-0.2, 0) is 0 Å². The molecule has 1 aromatic heterocycles. The number of hydrogen-bond acceptors (Lipinski definition) is 4. The molecule has 2 saturated carbocycles. The maximum atomic E-state index is 4.73. The van der Waals surface area contributed by atoms with Gasteiger partial charge in [-0.05, 0) is 44.4 Å². The molecule has 2 fully saturated rings. The summed E-state index contributed by atoms with van der Waals surface area (Å²) in [6.45, 7) is 7.71. The molecule has 0 radical (unpaired) electrons. The first-order valence-electron chi connectivity index (χ1n) is 7.95. The van der Waals surface area contributed by atoms with Crippen LogP contribution < -0.4 is 10.6 Å². The SMILES string of the molecule is CCNc1cc(NC2CCC(C)(C)C2)nc(C2CC2)n1. The molecule has 1 heterocycles. The summed E-state index contributed by atoms with van der Waals surface area (Å²) >= 11 is 0. The zero-order valence-electron chi connectivity index (χ0n) is 12.9. The lowest BCUT2D eigenvalue weighted by molar-refractivity contribution is 0.378. The second-order valence-corrected chi connectivity index (χ2v) is 7.05. The van der Waals surface area contributed by atoms with Crippen molar-refractivity contribution in [2.24, 2.45) is 5.41 Å². The molecule has 4 nitrogen and oxygen atoms in total. The van der Waals surface area contributed by atoms with Gasteiger partial charge in [0.15, 0.2) is 0 Å². The molecule has 0 amide bonds. The van der Waals surface area contributed by atoms with Crippen LogP contribution in [-0.4, -0.2) is 22.6 Å². The van der Waals surface area contributed by atoms with Gasteiger partial charge in [0.05, 0.1) is 0 Å². The van der Waals surface area contributed by atoms with Crippen molar-refractivity contribution in [1.29, 1.82) is 0 Å². The van der Waals surface area contributed by atoms with Gasteiger partial charge in [0.1, 0.15) is 17.5 Å². The first-order chi connectivity index (χ1) is 9.55. The van der Waals surface area contributed by atoms with Gasteiger partial charge in [-0.1, -0.05) is 13.8 Å². The van der Waals surface area contributed by atoms with Crippen molar-refractivity contribution < 1.29 is 0 Å². The molecule has 0 aromatic carbocycles. The van der Waals surface area contributed by atoms with Crippen molar-refractivity contribution in [3.63, 3.8) is 0 Å². The molecule has 4 heteroatoms. The van der Waals surface area contributed by atoms with E-state index in [1.165, 1.54) is 32.1 Å². The third-order valence-electron chi connectivity index (χ3n) is 4.36. The van der Waals surface area contributed by atoms with Crippen molar-refractivity contribution in [2.75, 3.05) is 17.2 Å². The number of anilines is 2. The topological polar surface area (TPSA) is 49.8 Å². The van der Waals surface area contributed by atoms with Crippen LogP contribution in [0, 0.1) is 5.41 Å². The summed E-state index contributed by atoms with van der Waals surface area (Å²) in [6.07, 6.45) is 6.25. The number of nitrogens with one attached hydrogen (secondary N) is 2. The van der Waals surface area contributed by atoms with E-state index in [4.69, 9.17) is 4.98 Å². The van der Waals surface area contributed by atoms with Gasteiger partial charge >= 0.3 is 0 Å². The van der Waals surface area contributed by atoms with E-state index in [2.05, 4.69) is 42.5 Å². The highest BCUT2D eigenvalue weighted by Gasteiger charge is 2.32. The molecule has 110 valence electrons. The Morgan fingerprint density at radius 3 is 2.55 bits per heavy atom. The molecule has 0 saturated heterocycles. The quantitative estimate of drug-likeness (QED) is 0.858. The van der Waals surface area contributed by atoms with Gasteiger partial charge < -0.3 is 10.6 Å². The van der Waals surface area contributed by atoms with Crippen LogP contribution in [0.3, 0.4) is 0 Å². The van der Waals surface area contributed by atoms with Gasteiger partial charge in [0.25, 0.3) is 0 Å².